The molecule has 11 aromatic rings. The van der Waals surface area contributed by atoms with Crippen LogP contribution < -0.4 is 0 Å². The van der Waals surface area contributed by atoms with Crippen molar-refractivity contribution in [1.82, 2.24) is 19.1 Å². The van der Waals surface area contributed by atoms with E-state index in [1.165, 1.54) is 71.3 Å². The normalized spacial score (nSPS) is 12.1. The summed E-state index contributed by atoms with van der Waals surface area (Å²) < 4.78 is 4.74. The van der Waals surface area contributed by atoms with Crippen LogP contribution in [-0.4, -0.2) is 19.1 Å². The second-order valence-corrected chi connectivity index (χ2v) is 14.2. The highest BCUT2D eigenvalue weighted by atomic mass is 15.1. The Balaban J connectivity index is 1.03. The topological polar surface area (TPSA) is 35.6 Å². The van der Waals surface area contributed by atoms with Gasteiger partial charge < -0.3 is 4.57 Å². The fraction of sp³-hybridized carbons (Fsp3) is 0. The maximum absolute atomic E-state index is 5.17. The Kier molecular flexibility index (Phi) is 6.02. The molecule has 0 fully saturated rings. The maximum atomic E-state index is 5.17. The van der Waals surface area contributed by atoms with Gasteiger partial charge in [0.15, 0.2) is 0 Å². The van der Waals surface area contributed by atoms with Crippen LogP contribution in [0.3, 0.4) is 0 Å². The minimum absolute atomic E-state index is 0.938. The number of benzene rings is 7. The Hall–Kier alpha value is -7.30. The van der Waals surface area contributed by atoms with Crippen molar-refractivity contribution in [2.75, 3.05) is 0 Å². The van der Waals surface area contributed by atoms with Gasteiger partial charge in [0.25, 0.3) is 0 Å². The van der Waals surface area contributed by atoms with E-state index < -0.39 is 0 Å². The molecule has 0 aliphatic heterocycles. The molecule has 0 unspecified atom stereocenters. The van der Waals surface area contributed by atoms with Crippen LogP contribution in [0.2, 0.25) is 0 Å². The van der Waals surface area contributed by atoms with E-state index in [-0.39, 0.29) is 0 Å². The van der Waals surface area contributed by atoms with Gasteiger partial charge in [0.2, 0.25) is 0 Å². The zero-order valence-corrected chi connectivity index (χ0v) is 29.1. The first-order valence-corrected chi connectivity index (χ1v) is 18.4. The van der Waals surface area contributed by atoms with E-state index >= 15 is 0 Å². The highest BCUT2D eigenvalue weighted by molar-refractivity contribution is 6.18. The van der Waals surface area contributed by atoms with E-state index in [2.05, 4.69) is 173 Å². The standard InChI is InChI=1S/C50H30N4/c1-2-11-31(12-3-1)32-13-8-14-35(27-32)53-44-20-6-4-15-36(44)41-28-33(22-24-46(41)53)34-23-25-47-42(29-34)37-16-5-7-21-45(37)54(47)50-40-18-9-17-38-39-19-10-26-51-49(39)43(30-52-50)48(38)40/h1-30H. The molecular formula is C50H30N4. The minimum atomic E-state index is 0.938. The predicted octanol–water partition coefficient (Wildman–Crippen LogP) is 12.8. The lowest BCUT2D eigenvalue weighted by atomic mass is 10.0. The molecule has 4 aromatic heterocycles. The molecule has 0 saturated carbocycles. The molecule has 1 aliphatic rings. The van der Waals surface area contributed by atoms with Crippen molar-refractivity contribution in [1.29, 1.82) is 0 Å². The molecule has 54 heavy (non-hydrogen) atoms. The first-order valence-electron chi connectivity index (χ1n) is 18.4. The zero-order valence-electron chi connectivity index (χ0n) is 29.1. The summed E-state index contributed by atoms with van der Waals surface area (Å²) in [7, 11) is 0. The van der Waals surface area contributed by atoms with Crippen LogP contribution in [0.4, 0.5) is 0 Å². The van der Waals surface area contributed by atoms with Crippen molar-refractivity contribution in [3.8, 4) is 56.1 Å². The summed E-state index contributed by atoms with van der Waals surface area (Å²) >= 11 is 0. The number of hydrogen-bond acceptors (Lipinski definition) is 2. The number of rotatable bonds is 4. The third kappa shape index (κ3) is 4.08. The van der Waals surface area contributed by atoms with Crippen LogP contribution in [0, 0.1) is 0 Å². The van der Waals surface area contributed by atoms with Gasteiger partial charge in [-0.3, -0.25) is 9.55 Å². The Bertz CT molecular complexity index is 3300. The van der Waals surface area contributed by atoms with Gasteiger partial charge in [-0.1, -0.05) is 115 Å². The Morgan fingerprint density at radius 1 is 0.352 bits per heavy atom. The molecule has 0 amide bonds. The van der Waals surface area contributed by atoms with Crippen LogP contribution in [0.1, 0.15) is 0 Å². The molecule has 4 heterocycles. The molecular weight excluding hydrogens is 657 g/mol. The van der Waals surface area contributed by atoms with Crippen molar-refractivity contribution in [3.05, 3.63) is 182 Å². The highest BCUT2D eigenvalue weighted by Crippen LogP contribution is 2.47. The van der Waals surface area contributed by atoms with Gasteiger partial charge in [-0.2, -0.15) is 0 Å². The van der Waals surface area contributed by atoms with E-state index in [1.54, 1.807) is 0 Å². The molecule has 1 aliphatic carbocycles. The van der Waals surface area contributed by atoms with Crippen molar-refractivity contribution in [3.63, 3.8) is 0 Å². The SMILES string of the molecule is c1ccc(-c2cccc(-n3c4ccccc4c4cc(-c5ccc6c(c5)c5ccccc5n6-c5ncc6c7c(cccc57)-c5cccnc5-6)ccc43)c2)cc1. The molecule has 7 aromatic carbocycles. The largest absolute Gasteiger partial charge is 0.309 e. The number of hydrogen-bond donors (Lipinski definition) is 0. The average Bonchev–Trinajstić information content (AvgIpc) is 3.87. The van der Waals surface area contributed by atoms with Crippen LogP contribution in [0.25, 0.3) is 111 Å². The Morgan fingerprint density at radius 3 is 1.72 bits per heavy atom. The third-order valence-electron chi connectivity index (χ3n) is 11.3. The Labute approximate surface area is 310 Å². The lowest BCUT2D eigenvalue weighted by Gasteiger charge is -2.12. The fourth-order valence-corrected chi connectivity index (χ4v) is 8.97. The molecule has 0 saturated heterocycles. The van der Waals surface area contributed by atoms with Crippen LogP contribution >= 0.6 is 0 Å². The molecule has 0 spiro atoms. The molecule has 4 heteroatoms. The summed E-state index contributed by atoms with van der Waals surface area (Å²) in [6.45, 7) is 0. The zero-order chi connectivity index (χ0) is 35.3. The lowest BCUT2D eigenvalue weighted by molar-refractivity contribution is 1.10. The van der Waals surface area contributed by atoms with Crippen LogP contribution in [0.5, 0.6) is 0 Å². The van der Waals surface area contributed by atoms with Gasteiger partial charge in [-0.05, 0) is 82.4 Å². The summed E-state index contributed by atoms with van der Waals surface area (Å²) in [4.78, 5) is 9.92. The molecule has 0 atom stereocenters. The number of aromatic nitrogens is 4. The lowest BCUT2D eigenvalue weighted by Crippen LogP contribution is -1.99. The monoisotopic (exact) mass is 686 g/mol. The fourth-order valence-electron chi connectivity index (χ4n) is 8.97. The van der Waals surface area contributed by atoms with E-state index in [9.17, 15) is 0 Å². The van der Waals surface area contributed by atoms with Crippen molar-refractivity contribution < 1.29 is 0 Å². The number of nitrogens with zero attached hydrogens (tertiary/aromatic N) is 4. The summed E-state index contributed by atoms with van der Waals surface area (Å²) in [6.07, 6.45) is 3.88. The quantitative estimate of drug-likeness (QED) is 0.185. The average molecular weight is 687 g/mol. The van der Waals surface area contributed by atoms with E-state index in [0.29, 0.717) is 0 Å². The second-order valence-electron chi connectivity index (χ2n) is 14.2. The van der Waals surface area contributed by atoms with Crippen LogP contribution in [0.15, 0.2) is 182 Å². The van der Waals surface area contributed by atoms with Gasteiger partial charge >= 0.3 is 0 Å². The summed E-state index contributed by atoms with van der Waals surface area (Å²) in [5, 5.41) is 7.25. The van der Waals surface area contributed by atoms with Gasteiger partial charge in [0.05, 0.1) is 27.8 Å². The predicted molar refractivity (Wildman–Crippen MR) is 224 cm³/mol. The summed E-state index contributed by atoms with van der Waals surface area (Å²) in [5.74, 6) is 0.938. The van der Waals surface area contributed by atoms with Gasteiger partial charge in [0.1, 0.15) is 5.82 Å². The van der Waals surface area contributed by atoms with Crippen LogP contribution in [-0.2, 0) is 0 Å². The van der Waals surface area contributed by atoms with Gasteiger partial charge in [0, 0.05) is 61.5 Å². The number of pyridine rings is 2. The number of fused-ring (bicyclic) bond motifs is 9. The first-order chi connectivity index (χ1) is 26.8. The third-order valence-corrected chi connectivity index (χ3v) is 11.3. The first kappa shape index (κ1) is 29.3. The molecule has 4 nitrogen and oxygen atoms in total. The van der Waals surface area contributed by atoms with E-state index in [4.69, 9.17) is 9.97 Å². The summed E-state index contributed by atoms with van der Waals surface area (Å²) in [6, 6.07) is 61.5. The van der Waals surface area contributed by atoms with Crippen molar-refractivity contribution in [2.45, 2.75) is 0 Å². The number of para-hydroxylation sites is 2. The van der Waals surface area contributed by atoms with Crippen molar-refractivity contribution >= 4 is 54.4 Å². The molecule has 250 valence electrons. The minimum Gasteiger partial charge on any atom is -0.309 e. The molecule has 0 bridgehead atoms. The Morgan fingerprint density at radius 2 is 0.944 bits per heavy atom. The van der Waals surface area contributed by atoms with Gasteiger partial charge in [-0.15, -0.1) is 0 Å². The van der Waals surface area contributed by atoms with E-state index in [0.717, 1.165) is 39.2 Å². The van der Waals surface area contributed by atoms with Gasteiger partial charge in [-0.25, -0.2) is 4.98 Å². The van der Waals surface area contributed by atoms with E-state index in [1.807, 2.05) is 18.5 Å². The summed E-state index contributed by atoms with van der Waals surface area (Å²) in [5.41, 5.74) is 15.1. The van der Waals surface area contributed by atoms with Crippen molar-refractivity contribution in [2.24, 2.45) is 0 Å². The molecule has 0 radical (unpaired) electrons. The second kappa shape index (κ2) is 11.1. The molecule has 0 N–H and O–H groups in total. The smallest absolute Gasteiger partial charge is 0.145 e. The highest BCUT2D eigenvalue weighted by Gasteiger charge is 2.25. The maximum Gasteiger partial charge on any atom is 0.145 e. The molecule has 12 rings (SSSR count).